The molecule has 3 aromatic rings. The van der Waals surface area contributed by atoms with Crippen molar-refractivity contribution in [2.24, 2.45) is 0 Å². The lowest BCUT2D eigenvalue weighted by molar-refractivity contribution is 0.0142. The van der Waals surface area contributed by atoms with Gasteiger partial charge in [-0.15, -0.1) is 11.3 Å². The summed E-state index contributed by atoms with van der Waals surface area (Å²) in [7, 11) is 0. The molecule has 3 heterocycles. The standard InChI is InChI=1S/C30H35FN6O4S/c1-18-35-21(17-42-18)16-34-27(38)24-8-5-19(13-25(24)31)26-32-14-20(15-33-26)28(39)37(22-6-7-22)23-9-11-36(12-10-23)29(40)41-30(2,3)4/h5,8,13-15,17,22-23H,6-7,9-12,16H2,1-4H3,(H,34,38). The first-order chi connectivity index (χ1) is 20.0. The highest BCUT2D eigenvalue weighted by molar-refractivity contribution is 7.09. The molecule has 2 aliphatic rings. The third kappa shape index (κ3) is 7.10. The molecule has 1 saturated carbocycles. The molecular formula is C30H35FN6O4S. The third-order valence-electron chi connectivity index (χ3n) is 7.15. The number of benzene rings is 1. The highest BCUT2D eigenvalue weighted by atomic mass is 32.1. The second-order valence-electron chi connectivity index (χ2n) is 11.7. The summed E-state index contributed by atoms with van der Waals surface area (Å²) in [5.74, 6) is -1.13. The topological polar surface area (TPSA) is 118 Å². The van der Waals surface area contributed by atoms with Gasteiger partial charge in [0.15, 0.2) is 5.82 Å². The second-order valence-corrected chi connectivity index (χ2v) is 12.7. The Kier molecular flexibility index (Phi) is 8.53. The Hall–Kier alpha value is -3.93. The highest BCUT2D eigenvalue weighted by Gasteiger charge is 2.40. The van der Waals surface area contributed by atoms with Crippen LogP contribution >= 0.6 is 11.3 Å². The lowest BCUT2D eigenvalue weighted by atomic mass is 10.0. The van der Waals surface area contributed by atoms with Gasteiger partial charge in [-0.05, 0) is 65.5 Å². The third-order valence-corrected chi connectivity index (χ3v) is 7.97. The van der Waals surface area contributed by atoms with Crippen LogP contribution in [0.5, 0.6) is 0 Å². The lowest BCUT2D eigenvalue weighted by Gasteiger charge is -2.39. The number of halogens is 1. The fourth-order valence-electron chi connectivity index (χ4n) is 4.97. The van der Waals surface area contributed by atoms with Gasteiger partial charge in [0.2, 0.25) is 0 Å². The van der Waals surface area contributed by atoms with Crippen LogP contribution in [0.3, 0.4) is 0 Å². The predicted octanol–water partition coefficient (Wildman–Crippen LogP) is 4.98. The number of carbonyl (C=O) groups is 3. The number of nitrogens with one attached hydrogen (secondary N) is 1. The number of amides is 3. The molecule has 1 N–H and O–H groups in total. The zero-order valence-corrected chi connectivity index (χ0v) is 25.0. The summed E-state index contributed by atoms with van der Waals surface area (Å²) >= 11 is 1.48. The van der Waals surface area contributed by atoms with E-state index in [0.717, 1.165) is 23.5 Å². The molecular weight excluding hydrogens is 559 g/mol. The van der Waals surface area contributed by atoms with E-state index in [1.807, 2.05) is 38.0 Å². The van der Waals surface area contributed by atoms with Gasteiger partial charge in [0, 0.05) is 48.5 Å². The normalized spacial score (nSPS) is 15.8. The number of carbonyl (C=O) groups excluding carboxylic acids is 3. The highest BCUT2D eigenvalue weighted by Crippen LogP contribution is 2.33. The van der Waals surface area contributed by atoms with Crippen LogP contribution in [0.15, 0.2) is 36.0 Å². The van der Waals surface area contributed by atoms with Gasteiger partial charge in [0.1, 0.15) is 11.4 Å². The zero-order valence-electron chi connectivity index (χ0n) is 24.2. The van der Waals surface area contributed by atoms with Crippen molar-refractivity contribution in [1.82, 2.24) is 30.1 Å². The Labute approximate surface area is 248 Å². The Morgan fingerprint density at radius 3 is 2.33 bits per heavy atom. The first-order valence-corrected chi connectivity index (χ1v) is 15.0. The van der Waals surface area contributed by atoms with E-state index in [1.54, 1.807) is 11.0 Å². The predicted molar refractivity (Wildman–Crippen MR) is 155 cm³/mol. The van der Waals surface area contributed by atoms with Gasteiger partial charge in [-0.2, -0.15) is 0 Å². The maximum absolute atomic E-state index is 14.9. The van der Waals surface area contributed by atoms with Gasteiger partial charge in [-0.1, -0.05) is 6.07 Å². The summed E-state index contributed by atoms with van der Waals surface area (Å²) in [6.07, 6.45) is 5.82. The summed E-state index contributed by atoms with van der Waals surface area (Å²) in [4.78, 5) is 55.1. The second kappa shape index (κ2) is 12.1. The number of hydrogen-bond donors (Lipinski definition) is 1. The van der Waals surface area contributed by atoms with Crippen molar-refractivity contribution in [1.29, 1.82) is 0 Å². The van der Waals surface area contributed by atoms with Gasteiger partial charge in [-0.3, -0.25) is 9.59 Å². The van der Waals surface area contributed by atoms with Crippen molar-refractivity contribution in [3.8, 4) is 11.4 Å². The number of ether oxygens (including phenoxy) is 1. The molecule has 0 spiro atoms. The molecule has 42 heavy (non-hydrogen) atoms. The smallest absolute Gasteiger partial charge is 0.410 e. The van der Waals surface area contributed by atoms with Gasteiger partial charge >= 0.3 is 6.09 Å². The van der Waals surface area contributed by atoms with Crippen molar-refractivity contribution in [2.45, 2.75) is 77.6 Å². The number of likely N-dealkylation sites (tertiary alicyclic amines) is 1. The molecule has 12 heteroatoms. The van der Waals surface area contributed by atoms with E-state index >= 15 is 0 Å². The number of aryl methyl sites for hydroxylation is 1. The van der Waals surface area contributed by atoms with Gasteiger partial charge in [0.05, 0.1) is 28.4 Å². The van der Waals surface area contributed by atoms with Crippen molar-refractivity contribution < 1.29 is 23.5 Å². The number of thiazole rings is 1. The van der Waals surface area contributed by atoms with Crippen LogP contribution in [0.25, 0.3) is 11.4 Å². The van der Waals surface area contributed by atoms with Crippen LogP contribution in [0.4, 0.5) is 9.18 Å². The van der Waals surface area contributed by atoms with Crippen LogP contribution in [0.1, 0.15) is 77.9 Å². The largest absolute Gasteiger partial charge is 0.444 e. The Bertz CT molecular complexity index is 1460. The molecule has 10 nitrogen and oxygen atoms in total. The minimum absolute atomic E-state index is 0.00990. The van der Waals surface area contributed by atoms with Crippen molar-refractivity contribution >= 4 is 29.2 Å². The minimum atomic E-state index is -0.694. The molecule has 0 unspecified atom stereocenters. The molecule has 0 radical (unpaired) electrons. The van der Waals surface area contributed by atoms with E-state index in [4.69, 9.17) is 4.74 Å². The molecule has 222 valence electrons. The fourth-order valence-corrected chi connectivity index (χ4v) is 5.58. The van der Waals surface area contributed by atoms with Crippen LogP contribution in [0.2, 0.25) is 0 Å². The molecule has 1 aromatic carbocycles. The first-order valence-electron chi connectivity index (χ1n) is 14.1. The van der Waals surface area contributed by atoms with E-state index in [-0.39, 0.29) is 42.0 Å². The van der Waals surface area contributed by atoms with Crippen molar-refractivity contribution in [2.75, 3.05) is 13.1 Å². The zero-order chi connectivity index (χ0) is 30.0. The Balaban J connectivity index is 1.21. The minimum Gasteiger partial charge on any atom is -0.444 e. The van der Waals surface area contributed by atoms with Crippen LogP contribution in [-0.4, -0.2) is 73.4 Å². The number of hydrogen-bond acceptors (Lipinski definition) is 8. The maximum Gasteiger partial charge on any atom is 0.410 e. The van der Waals surface area contributed by atoms with Gasteiger partial charge in [0.25, 0.3) is 11.8 Å². The van der Waals surface area contributed by atoms with Crippen LogP contribution in [-0.2, 0) is 11.3 Å². The van der Waals surface area contributed by atoms with Crippen molar-refractivity contribution in [3.63, 3.8) is 0 Å². The molecule has 2 fully saturated rings. The molecule has 5 rings (SSSR count). The molecule has 0 atom stereocenters. The average Bonchev–Trinajstić information content (AvgIpc) is 3.70. The Morgan fingerprint density at radius 2 is 1.76 bits per heavy atom. The maximum atomic E-state index is 14.9. The van der Waals surface area contributed by atoms with Crippen LogP contribution in [0, 0.1) is 12.7 Å². The molecule has 0 bridgehead atoms. The lowest BCUT2D eigenvalue weighted by Crippen LogP contribution is -2.50. The summed E-state index contributed by atoms with van der Waals surface area (Å²) in [6.45, 7) is 8.66. The van der Waals surface area contributed by atoms with Gasteiger partial charge < -0.3 is 19.9 Å². The van der Waals surface area contributed by atoms with E-state index in [0.29, 0.717) is 37.1 Å². The summed E-state index contributed by atoms with van der Waals surface area (Å²) in [6, 6.07) is 4.37. The quantitative estimate of drug-likeness (QED) is 0.410. The summed E-state index contributed by atoms with van der Waals surface area (Å²) in [5, 5.41) is 5.42. The molecule has 1 aliphatic carbocycles. The number of aromatic nitrogens is 3. The molecule has 1 saturated heterocycles. The summed E-state index contributed by atoms with van der Waals surface area (Å²) in [5.41, 5.74) is 0.827. The molecule has 1 aliphatic heterocycles. The number of rotatable bonds is 7. The fraction of sp³-hybridized carbons (Fsp3) is 0.467. The van der Waals surface area contributed by atoms with Gasteiger partial charge in [-0.25, -0.2) is 24.1 Å². The SMILES string of the molecule is Cc1nc(CNC(=O)c2ccc(-c3ncc(C(=O)N(C4CC4)C4CCN(C(=O)OC(C)(C)C)CC4)cn3)cc2F)cs1. The van der Waals surface area contributed by atoms with E-state index in [9.17, 15) is 18.8 Å². The summed E-state index contributed by atoms with van der Waals surface area (Å²) < 4.78 is 20.4. The van der Waals surface area contributed by atoms with E-state index in [2.05, 4.69) is 20.3 Å². The van der Waals surface area contributed by atoms with Crippen molar-refractivity contribution in [3.05, 3.63) is 63.6 Å². The first kappa shape index (κ1) is 29.6. The number of piperidine rings is 1. The monoisotopic (exact) mass is 594 g/mol. The van der Waals surface area contributed by atoms with E-state index < -0.39 is 17.3 Å². The molecule has 3 amide bonds. The molecule has 2 aromatic heterocycles. The average molecular weight is 595 g/mol. The van der Waals surface area contributed by atoms with Crippen LogP contribution < -0.4 is 5.32 Å². The van der Waals surface area contributed by atoms with E-state index in [1.165, 1.54) is 35.9 Å². The Morgan fingerprint density at radius 1 is 1.10 bits per heavy atom. The number of nitrogens with zero attached hydrogens (tertiary/aromatic N) is 5.